The summed E-state index contributed by atoms with van der Waals surface area (Å²) >= 11 is 0. The van der Waals surface area contributed by atoms with Gasteiger partial charge in [-0.05, 0) is 26.8 Å². The van der Waals surface area contributed by atoms with Gasteiger partial charge in [-0.15, -0.1) is 0 Å². The topological polar surface area (TPSA) is 132 Å². The van der Waals surface area contributed by atoms with E-state index in [2.05, 4.69) is 10.3 Å². The molecule has 1 aromatic heterocycles. The van der Waals surface area contributed by atoms with Crippen LogP contribution in [-0.2, 0) is 16.0 Å². The quantitative estimate of drug-likeness (QED) is 0.622. The van der Waals surface area contributed by atoms with E-state index in [0.717, 1.165) is 6.20 Å². The van der Waals surface area contributed by atoms with Crippen molar-refractivity contribution >= 4 is 17.7 Å². The lowest BCUT2D eigenvalue weighted by Crippen LogP contribution is -2.44. The number of carboxylic acid groups (broad SMARTS) is 1. The Morgan fingerprint density at radius 3 is 2.50 bits per heavy atom. The summed E-state index contributed by atoms with van der Waals surface area (Å²) in [7, 11) is 0. The average molecular weight is 311 g/mol. The van der Waals surface area contributed by atoms with E-state index in [0.29, 0.717) is 5.69 Å². The fourth-order valence-corrected chi connectivity index (χ4v) is 1.50. The van der Waals surface area contributed by atoms with Crippen LogP contribution in [0.4, 0.5) is 10.5 Å². The number of rotatable bonds is 5. The number of hydrogen-bond donors (Lipinski definition) is 2. The van der Waals surface area contributed by atoms with Crippen LogP contribution >= 0.6 is 0 Å². The minimum Gasteiger partial charge on any atom is -0.480 e. The Morgan fingerprint density at radius 2 is 2.09 bits per heavy atom. The van der Waals surface area contributed by atoms with E-state index in [9.17, 15) is 19.7 Å². The highest BCUT2D eigenvalue weighted by Gasteiger charge is 2.24. The van der Waals surface area contributed by atoms with Gasteiger partial charge in [0, 0.05) is 18.2 Å². The molecule has 0 aliphatic carbocycles. The van der Waals surface area contributed by atoms with Crippen molar-refractivity contribution in [2.45, 2.75) is 38.8 Å². The highest BCUT2D eigenvalue weighted by Crippen LogP contribution is 2.11. The number of amides is 1. The number of nitrogens with zero attached hydrogens (tertiary/aromatic N) is 2. The Labute approximate surface area is 126 Å². The Balaban J connectivity index is 2.74. The maximum Gasteiger partial charge on any atom is 0.408 e. The Bertz CT molecular complexity index is 564. The first-order chi connectivity index (χ1) is 10.1. The molecule has 0 bridgehead atoms. The van der Waals surface area contributed by atoms with Gasteiger partial charge in [0.15, 0.2) is 0 Å². The number of carboxylic acids is 1. The monoisotopic (exact) mass is 311 g/mol. The second-order valence-electron chi connectivity index (χ2n) is 5.51. The zero-order chi connectivity index (χ0) is 16.9. The molecule has 9 heteroatoms. The van der Waals surface area contributed by atoms with Gasteiger partial charge in [0.2, 0.25) is 0 Å². The molecule has 2 N–H and O–H groups in total. The number of aromatic nitrogens is 1. The molecular formula is C13H17N3O6. The Kier molecular flexibility index (Phi) is 5.39. The summed E-state index contributed by atoms with van der Waals surface area (Å²) in [6, 6.07) is 1.31. The number of ether oxygens (including phenoxy) is 1. The van der Waals surface area contributed by atoms with Crippen molar-refractivity contribution in [1.29, 1.82) is 0 Å². The summed E-state index contributed by atoms with van der Waals surface area (Å²) in [5.41, 5.74) is -0.650. The molecule has 1 aromatic rings. The zero-order valence-corrected chi connectivity index (χ0v) is 12.4. The third kappa shape index (κ3) is 5.73. The summed E-state index contributed by atoms with van der Waals surface area (Å²) in [5.74, 6) is -1.26. The van der Waals surface area contributed by atoms with E-state index in [-0.39, 0.29) is 12.1 Å². The SMILES string of the molecule is CC(C)(C)OC(=O)NC(Cc1ccc([N+](=O)[O-])cn1)C(=O)O. The van der Waals surface area contributed by atoms with Gasteiger partial charge in [-0.25, -0.2) is 9.59 Å². The normalized spacial score (nSPS) is 12.3. The van der Waals surface area contributed by atoms with Crippen molar-refractivity contribution in [3.63, 3.8) is 0 Å². The molecule has 0 radical (unpaired) electrons. The molecule has 0 saturated heterocycles. The van der Waals surface area contributed by atoms with Gasteiger partial charge in [-0.3, -0.25) is 15.1 Å². The van der Waals surface area contributed by atoms with Crippen LogP contribution in [0.15, 0.2) is 18.3 Å². The van der Waals surface area contributed by atoms with Crippen molar-refractivity contribution in [3.05, 3.63) is 34.1 Å². The molecule has 1 unspecified atom stereocenters. The molecular weight excluding hydrogens is 294 g/mol. The largest absolute Gasteiger partial charge is 0.480 e. The van der Waals surface area contributed by atoms with Gasteiger partial charge >= 0.3 is 12.1 Å². The predicted octanol–water partition coefficient (Wildman–Crippen LogP) is 1.51. The molecule has 0 fully saturated rings. The van der Waals surface area contributed by atoms with Crippen LogP contribution < -0.4 is 5.32 Å². The number of aliphatic carboxylic acids is 1. The van der Waals surface area contributed by atoms with Crippen molar-refractivity contribution in [2.24, 2.45) is 0 Å². The van der Waals surface area contributed by atoms with E-state index in [4.69, 9.17) is 9.84 Å². The van der Waals surface area contributed by atoms with Crippen LogP contribution in [0, 0.1) is 10.1 Å². The van der Waals surface area contributed by atoms with Gasteiger partial charge in [0.05, 0.1) is 4.92 Å². The number of pyridine rings is 1. The van der Waals surface area contributed by atoms with Gasteiger partial charge in [0.25, 0.3) is 5.69 Å². The summed E-state index contributed by atoms with van der Waals surface area (Å²) in [6.07, 6.45) is 0.0516. The minimum absolute atomic E-state index is 0.118. The van der Waals surface area contributed by atoms with E-state index < -0.39 is 28.6 Å². The highest BCUT2D eigenvalue weighted by atomic mass is 16.6. The molecule has 0 aliphatic heterocycles. The molecule has 0 spiro atoms. The van der Waals surface area contributed by atoms with Crippen molar-refractivity contribution in [3.8, 4) is 0 Å². The van der Waals surface area contributed by atoms with E-state index >= 15 is 0 Å². The van der Waals surface area contributed by atoms with Crippen molar-refractivity contribution in [1.82, 2.24) is 10.3 Å². The van der Waals surface area contributed by atoms with Gasteiger partial charge in [0.1, 0.15) is 17.8 Å². The fourth-order valence-electron chi connectivity index (χ4n) is 1.50. The Hall–Kier alpha value is -2.71. The third-order valence-corrected chi connectivity index (χ3v) is 2.42. The highest BCUT2D eigenvalue weighted by molar-refractivity contribution is 5.80. The molecule has 1 heterocycles. The maximum atomic E-state index is 11.6. The number of alkyl carbamates (subject to hydrolysis) is 1. The lowest BCUT2D eigenvalue weighted by molar-refractivity contribution is -0.385. The van der Waals surface area contributed by atoms with Crippen LogP contribution in [0.3, 0.4) is 0 Å². The standard InChI is InChI=1S/C13H17N3O6/c1-13(2,3)22-12(19)15-10(11(17)18)6-8-4-5-9(7-14-8)16(20)21/h4-5,7,10H,6H2,1-3H3,(H,15,19)(H,17,18). The number of carbonyl (C=O) groups excluding carboxylic acids is 1. The van der Waals surface area contributed by atoms with Crippen LogP contribution in [0.25, 0.3) is 0 Å². The first-order valence-electron chi connectivity index (χ1n) is 6.40. The molecule has 0 aliphatic rings. The molecule has 120 valence electrons. The second kappa shape index (κ2) is 6.83. The summed E-state index contributed by atoms with van der Waals surface area (Å²) in [5, 5.41) is 21.9. The number of nitrogens with one attached hydrogen (secondary N) is 1. The Morgan fingerprint density at radius 1 is 1.45 bits per heavy atom. The summed E-state index contributed by atoms with van der Waals surface area (Å²) < 4.78 is 4.98. The average Bonchev–Trinajstić information content (AvgIpc) is 2.36. The predicted molar refractivity (Wildman–Crippen MR) is 75.4 cm³/mol. The molecule has 0 saturated carbocycles. The zero-order valence-electron chi connectivity index (χ0n) is 12.4. The van der Waals surface area contributed by atoms with Crippen molar-refractivity contribution < 1.29 is 24.4 Å². The molecule has 1 atom stereocenters. The van der Waals surface area contributed by atoms with E-state index in [1.54, 1.807) is 20.8 Å². The van der Waals surface area contributed by atoms with Crippen LogP contribution in [0.5, 0.6) is 0 Å². The van der Waals surface area contributed by atoms with E-state index in [1.807, 2.05) is 0 Å². The van der Waals surface area contributed by atoms with Gasteiger partial charge < -0.3 is 15.2 Å². The summed E-state index contributed by atoms with van der Waals surface area (Å²) in [4.78, 5) is 36.5. The number of nitro groups is 1. The molecule has 9 nitrogen and oxygen atoms in total. The lowest BCUT2D eigenvalue weighted by Gasteiger charge is -2.21. The van der Waals surface area contributed by atoms with Crippen LogP contribution in [0.2, 0.25) is 0 Å². The molecule has 1 rings (SSSR count). The fraction of sp³-hybridized carbons (Fsp3) is 0.462. The second-order valence-corrected chi connectivity index (χ2v) is 5.51. The molecule has 22 heavy (non-hydrogen) atoms. The van der Waals surface area contributed by atoms with Gasteiger partial charge in [-0.1, -0.05) is 0 Å². The molecule has 0 aromatic carbocycles. The lowest BCUT2D eigenvalue weighted by atomic mass is 10.1. The number of hydrogen-bond acceptors (Lipinski definition) is 6. The maximum absolute atomic E-state index is 11.6. The van der Waals surface area contributed by atoms with Gasteiger partial charge in [-0.2, -0.15) is 0 Å². The smallest absolute Gasteiger partial charge is 0.408 e. The first-order valence-corrected chi connectivity index (χ1v) is 6.40. The third-order valence-electron chi connectivity index (χ3n) is 2.42. The van der Waals surface area contributed by atoms with Crippen LogP contribution in [-0.4, -0.2) is 38.7 Å². The van der Waals surface area contributed by atoms with Crippen LogP contribution in [0.1, 0.15) is 26.5 Å². The molecule has 1 amide bonds. The number of carbonyl (C=O) groups is 2. The first kappa shape index (κ1) is 17.3. The van der Waals surface area contributed by atoms with E-state index in [1.165, 1.54) is 12.1 Å². The minimum atomic E-state index is -1.26. The van der Waals surface area contributed by atoms with Crippen molar-refractivity contribution in [2.75, 3.05) is 0 Å². The summed E-state index contributed by atoms with van der Waals surface area (Å²) in [6.45, 7) is 4.96.